The fourth-order valence-electron chi connectivity index (χ4n) is 3.99. The average Bonchev–Trinajstić information content (AvgIpc) is 2.70. The second-order valence-electron chi connectivity index (χ2n) is 7.94. The first-order valence-electron chi connectivity index (χ1n) is 11.7. The van der Waals surface area contributed by atoms with Gasteiger partial charge in [-0.1, -0.05) is 75.8 Å². The van der Waals surface area contributed by atoms with Crippen molar-refractivity contribution in [2.45, 2.75) is 97.8 Å². The number of rotatable bonds is 18. The lowest BCUT2D eigenvalue weighted by atomic mass is 9.88. The molecule has 0 spiro atoms. The van der Waals surface area contributed by atoms with Crippen molar-refractivity contribution < 1.29 is 9.47 Å². The Kier molecular flexibility index (Phi) is 14.3. The van der Waals surface area contributed by atoms with Crippen molar-refractivity contribution >= 4 is 0 Å². The van der Waals surface area contributed by atoms with Gasteiger partial charge in [0.25, 0.3) is 0 Å². The summed E-state index contributed by atoms with van der Waals surface area (Å²) in [5.74, 6) is 0.00361. The summed E-state index contributed by atoms with van der Waals surface area (Å²) < 4.78 is 12.2. The van der Waals surface area contributed by atoms with Gasteiger partial charge in [-0.2, -0.15) is 0 Å². The van der Waals surface area contributed by atoms with E-state index in [2.05, 4.69) is 63.3 Å². The van der Waals surface area contributed by atoms with Crippen LogP contribution in [0.25, 0.3) is 0 Å². The minimum Gasteiger partial charge on any atom is -0.350 e. The largest absolute Gasteiger partial charge is 0.350 e. The SMILES string of the molecule is CCCCCCCCC(CCCNCc1ccccc1)C(C)(OCC)OCC. The van der Waals surface area contributed by atoms with Crippen LogP contribution >= 0.6 is 0 Å². The van der Waals surface area contributed by atoms with Crippen LogP contribution in [-0.4, -0.2) is 25.5 Å². The Morgan fingerprint density at radius 3 is 2.07 bits per heavy atom. The summed E-state index contributed by atoms with van der Waals surface area (Å²) in [5, 5.41) is 3.58. The zero-order valence-corrected chi connectivity index (χ0v) is 19.0. The van der Waals surface area contributed by atoms with Crippen LogP contribution in [0.2, 0.25) is 0 Å². The minimum atomic E-state index is -0.452. The lowest BCUT2D eigenvalue weighted by Gasteiger charge is -2.37. The van der Waals surface area contributed by atoms with Crippen molar-refractivity contribution in [2.24, 2.45) is 5.92 Å². The molecule has 3 heteroatoms. The molecule has 0 bridgehead atoms. The molecule has 0 aliphatic carbocycles. The van der Waals surface area contributed by atoms with E-state index in [4.69, 9.17) is 9.47 Å². The summed E-state index contributed by atoms with van der Waals surface area (Å²) in [4.78, 5) is 0. The van der Waals surface area contributed by atoms with E-state index in [1.807, 2.05) is 0 Å². The van der Waals surface area contributed by atoms with Crippen molar-refractivity contribution in [1.29, 1.82) is 0 Å². The number of hydrogen-bond donors (Lipinski definition) is 1. The molecule has 0 radical (unpaired) electrons. The van der Waals surface area contributed by atoms with E-state index in [1.165, 1.54) is 50.5 Å². The Bertz CT molecular complexity index is 457. The summed E-state index contributed by atoms with van der Waals surface area (Å²) in [5.41, 5.74) is 1.35. The number of benzene rings is 1. The zero-order valence-electron chi connectivity index (χ0n) is 19.0. The molecule has 162 valence electrons. The van der Waals surface area contributed by atoms with Crippen molar-refractivity contribution in [2.75, 3.05) is 19.8 Å². The van der Waals surface area contributed by atoms with Crippen LogP contribution in [0.1, 0.15) is 91.0 Å². The van der Waals surface area contributed by atoms with Crippen molar-refractivity contribution in [3.05, 3.63) is 35.9 Å². The zero-order chi connectivity index (χ0) is 20.5. The maximum absolute atomic E-state index is 6.11. The third-order valence-electron chi connectivity index (χ3n) is 5.59. The average molecular weight is 392 g/mol. The highest BCUT2D eigenvalue weighted by molar-refractivity contribution is 5.14. The highest BCUT2D eigenvalue weighted by Gasteiger charge is 2.34. The van der Waals surface area contributed by atoms with Crippen LogP contribution in [0.3, 0.4) is 0 Å². The van der Waals surface area contributed by atoms with Crippen LogP contribution < -0.4 is 5.32 Å². The summed E-state index contributed by atoms with van der Waals surface area (Å²) in [6.07, 6.45) is 11.5. The van der Waals surface area contributed by atoms with E-state index < -0.39 is 5.79 Å². The molecule has 1 rings (SSSR count). The van der Waals surface area contributed by atoms with Gasteiger partial charge in [0.05, 0.1) is 0 Å². The minimum absolute atomic E-state index is 0.452. The van der Waals surface area contributed by atoms with Crippen LogP contribution in [-0.2, 0) is 16.0 Å². The van der Waals surface area contributed by atoms with Gasteiger partial charge >= 0.3 is 0 Å². The number of nitrogens with one attached hydrogen (secondary N) is 1. The molecule has 1 aromatic carbocycles. The lowest BCUT2D eigenvalue weighted by Crippen LogP contribution is -2.41. The van der Waals surface area contributed by atoms with E-state index in [1.54, 1.807) is 0 Å². The fourth-order valence-corrected chi connectivity index (χ4v) is 3.99. The molecule has 1 unspecified atom stereocenters. The van der Waals surface area contributed by atoms with Crippen molar-refractivity contribution in [3.8, 4) is 0 Å². The first kappa shape index (κ1) is 25.1. The maximum atomic E-state index is 6.11. The van der Waals surface area contributed by atoms with E-state index in [-0.39, 0.29) is 0 Å². The first-order chi connectivity index (χ1) is 13.7. The molecule has 0 aromatic heterocycles. The highest BCUT2D eigenvalue weighted by atomic mass is 16.7. The standard InChI is InChI=1S/C25H45NO2/c1-5-8-9-10-11-15-19-24(25(4,27-6-2)28-7-3)20-16-21-26-22-23-17-13-12-14-18-23/h12-14,17-18,24,26H,5-11,15-16,19-22H2,1-4H3. The monoisotopic (exact) mass is 391 g/mol. The maximum Gasteiger partial charge on any atom is 0.168 e. The molecule has 1 aromatic rings. The summed E-state index contributed by atoms with van der Waals surface area (Å²) in [6, 6.07) is 10.6. The predicted molar refractivity (Wildman–Crippen MR) is 121 cm³/mol. The molecule has 0 saturated heterocycles. The van der Waals surface area contributed by atoms with Crippen molar-refractivity contribution in [3.63, 3.8) is 0 Å². The van der Waals surface area contributed by atoms with E-state index in [0.29, 0.717) is 19.1 Å². The molecular weight excluding hydrogens is 346 g/mol. The Hall–Kier alpha value is -0.900. The van der Waals surface area contributed by atoms with Gasteiger partial charge in [-0.05, 0) is 52.1 Å². The number of hydrogen-bond acceptors (Lipinski definition) is 3. The van der Waals surface area contributed by atoms with Crippen LogP contribution in [0.5, 0.6) is 0 Å². The molecule has 28 heavy (non-hydrogen) atoms. The molecule has 0 saturated carbocycles. The van der Waals surface area contributed by atoms with Gasteiger partial charge in [0.1, 0.15) is 0 Å². The van der Waals surface area contributed by atoms with E-state index >= 15 is 0 Å². The lowest BCUT2D eigenvalue weighted by molar-refractivity contribution is -0.254. The van der Waals surface area contributed by atoms with Gasteiger partial charge < -0.3 is 14.8 Å². The molecule has 1 N–H and O–H groups in total. The summed E-state index contributed by atoms with van der Waals surface area (Å²) >= 11 is 0. The Labute approximate surface area is 174 Å². The highest BCUT2D eigenvalue weighted by Crippen LogP contribution is 2.32. The normalized spacial score (nSPS) is 13.0. The molecule has 0 fully saturated rings. The first-order valence-corrected chi connectivity index (χ1v) is 11.7. The molecule has 1 atom stereocenters. The Morgan fingerprint density at radius 1 is 0.821 bits per heavy atom. The molecule has 0 heterocycles. The second-order valence-corrected chi connectivity index (χ2v) is 7.94. The molecule has 0 aliphatic heterocycles. The predicted octanol–water partition coefficient (Wildman–Crippen LogP) is 6.71. The van der Waals surface area contributed by atoms with Gasteiger partial charge in [0.2, 0.25) is 0 Å². The number of unbranched alkanes of at least 4 members (excludes halogenated alkanes) is 5. The number of ether oxygens (including phenoxy) is 2. The smallest absolute Gasteiger partial charge is 0.168 e. The van der Waals surface area contributed by atoms with Crippen LogP contribution in [0, 0.1) is 5.92 Å². The van der Waals surface area contributed by atoms with Gasteiger partial charge in [-0.15, -0.1) is 0 Å². The topological polar surface area (TPSA) is 30.5 Å². The fraction of sp³-hybridized carbons (Fsp3) is 0.760. The van der Waals surface area contributed by atoms with Crippen molar-refractivity contribution in [1.82, 2.24) is 5.32 Å². The van der Waals surface area contributed by atoms with Gasteiger partial charge in [0.15, 0.2) is 5.79 Å². The van der Waals surface area contributed by atoms with E-state index in [9.17, 15) is 0 Å². The molecule has 0 amide bonds. The van der Waals surface area contributed by atoms with Crippen LogP contribution in [0.4, 0.5) is 0 Å². The van der Waals surface area contributed by atoms with Gasteiger partial charge in [-0.3, -0.25) is 0 Å². The molecule has 3 nitrogen and oxygen atoms in total. The third kappa shape index (κ3) is 10.6. The quantitative estimate of drug-likeness (QED) is 0.223. The molecular formula is C25H45NO2. The Balaban J connectivity index is 2.44. The van der Waals surface area contributed by atoms with E-state index in [0.717, 1.165) is 25.9 Å². The van der Waals surface area contributed by atoms with Crippen LogP contribution in [0.15, 0.2) is 30.3 Å². The molecule has 0 aliphatic rings. The Morgan fingerprint density at radius 2 is 1.43 bits per heavy atom. The summed E-state index contributed by atoms with van der Waals surface area (Å²) in [6.45, 7) is 12.0. The third-order valence-corrected chi connectivity index (χ3v) is 5.59. The second kappa shape index (κ2) is 16.0. The van der Waals surface area contributed by atoms with Gasteiger partial charge in [0, 0.05) is 25.7 Å². The summed E-state index contributed by atoms with van der Waals surface area (Å²) in [7, 11) is 0. The van der Waals surface area contributed by atoms with Gasteiger partial charge in [-0.25, -0.2) is 0 Å².